The quantitative estimate of drug-likeness (QED) is 0.711. The van der Waals surface area contributed by atoms with Gasteiger partial charge in [-0.1, -0.05) is 35.3 Å². The Labute approximate surface area is 75.6 Å². The molecule has 0 spiro atoms. The van der Waals surface area contributed by atoms with Crippen LogP contribution in [0.15, 0.2) is 24.3 Å². The van der Waals surface area contributed by atoms with Crippen molar-refractivity contribution in [1.82, 2.24) is 0 Å². The van der Waals surface area contributed by atoms with Crippen molar-refractivity contribution < 1.29 is 5.11 Å². The van der Waals surface area contributed by atoms with Crippen LogP contribution in [0.25, 0.3) is 0 Å². The molecule has 0 radical (unpaired) electrons. The Morgan fingerprint density at radius 2 is 2.18 bits per heavy atom. The lowest BCUT2D eigenvalue weighted by molar-refractivity contribution is 0.257. The second kappa shape index (κ2) is 3.96. The molecule has 3 heteroatoms. The zero-order chi connectivity index (χ0) is 8.27. The predicted octanol–water partition coefficient (Wildman–Crippen LogP) is 2.44. The van der Waals surface area contributed by atoms with Crippen LogP contribution in [0.4, 0.5) is 0 Å². The fourth-order valence-electron chi connectivity index (χ4n) is 0.858. The van der Waals surface area contributed by atoms with Crippen LogP contribution in [-0.2, 0) is 6.42 Å². The van der Waals surface area contributed by atoms with Crippen LogP contribution in [0.1, 0.15) is 5.56 Å². The zero-order valence-corrected chi connectivity index (χ0v) is 7.31. The Morgan fingerprint density at radius 3 is 2.73 bits per heavy atom. The first kappa shape index (κ1) is 8.85. The maximum Gasteiger partial charge on any atom is 0.132 e. The smallest absolute Gasteiger partial charge is 0.132 e. The zero-order valence-electron chi connectivity index (χ0n) is 5.80. The first-order valence-corrected chi connectivity index (χ1v) is 4.06. The highest BCUT2D eigenvalue weighted by molar-refractivity contribution is 6.30. The summed E-state index contributed by atoms with van der Waals surface area (Å²) < 4.78 is 0. The van der Waals surface area contributed by atoms with Gasteiger partial charge in [-0.05, 0) is 17.7 Å². The van der Waals surface area contributed by atoms with Crippen molar-refractivity contribution >= 4 is 23.2 Å². The second-order valence-corrected chi connectivity index (χ2v) is 3.21. The van der Waals surface area contributed by atoms with E-state index < -0.39 is 5.56 Å². The molecule has 0 aliphatic heterocycles. The van der Waals surface area contributed by atoms with Crippen LogP contribution in [0.3, 0.4) is 0 Å². The van der Waals surface area contributed by atoms with Gasteiger partial charge in [0.2, 0.25) is 0 Å². The molecule has 0 saturated carbocycles. The Morgan fingerprint density at radius 1 is 1.45 bits per heavy atom. The molecule has 0 aliphatic rings. The summed E-state index contributed by atoms with van der Waals surface area (Å²) in [5, 5.41) is 9.49. The molecule has 1 N–H and O–H groups in total. The van der Waals surface area contributed by atoms with Gasteiger partial charge in [-0.15, -0.1) is 0 Å². The first-order chi connectivity index (χ1) is 5.18. The number of alkyl halides is 1. The van der Waals surface area contributed by atoms with Crippen molar-refractivity contribution in [3.05, 3.63) is 34.9 Å². The van der Waals surface area contributed by atoms with E-state index >= 15 is 0 Å². The van der Waals surface area contributed by atoms with Crippen LogP contribution in [0.2, 0.25) is 5.02 Å². The van der Waals surface area contributed by atoms with E-state index in [9.17, 15) is 0 Å². The lowest BCUT2D eigenvalue weighted by atomic mass is 10.2. The molecule has 1 aromatic rings. The van der Waals surface area contributed by atoms with E-state index in [4.69, 9.17) is 28.3 Å². The predicted molar refractivity (Wildman–Crippen MR) is 47.0 cm³/mol. The minimum atomic E-state index is -0.825. The van der Waals surface area contributed by atoms with Crippen LogP contribution < -0.4 is 0 Å². The first-order valence-electron chi connectivity index (χ1n) is 3.25. The Balaban J connectivity index is 2.71. The fraction of sp³-hybridized carbons (Fsp3) is 0.250. The number of aliphatic hydroxyl groups excluding tert-OH is 1. The second-order valence-electron chi connectivity index (χ2n) is 2.27. The number of aliphatic hydroxyl groups is 1. The van der Waals surface area contributed by atoms with Gasteiger partial charge in [-0.25, -0.2) is 0 Å². The summed E-state index contributed by atoms with van der Waals surface area (Å²) in [6.07, 6.45) is 0.433. The van der Waals surface area contributed by atoms with Gasteiger partial charge in [-0.2, -0.15) is 0 Å². The van der Waals surface area contributed by atoms with Crippen molar-refractivity contribution in [3.8, 4) is 0 Å². The van der Waals surface area contributed by atoms with Crippen molar-refractivity contribution in [3.63, 3.8) is 0 Å². The number of rotatable bonds is 2. The molecule has 1 atom stereocenters. The largest absolute Gasteiger partial charge is 0.377 e. The summed E-state index contributed by atoms with van der Waals surface area (Å²) >= 11 is 11.1. The van der Waals surface area contributed by atoms with E-state index in [2.05, 4.69) is 0 Å². The molecule has 1 rings (SSSR count). The van der Waals surface area contributed by atoms with Crippen LogP contribution in [0, 0.1) is 0 Å². The molecule has 0 fully saturated rings. The molecule has 60 valence electrons. The molecule has 1 aromatic carbocycles. The summed E-state index contributed by atoms with van der Waals surface area (Å²) in [7, 11) is 0. The van der Waals surface area contributed by atoms with Crippen LogP contribution >= 0.6 is 23.2 Å². The number of halogens is 2. The molecule has 0 aromatic heterocycles. The summed E-state index contributed by atoms with van der Waals surface area (Å²) in [5.41, 5.74) is 0.119. The van der Waals surface area contributed by atoms with Crippen molar-refractivity contribution in [1.29, 1.82) is 0 Å². The van der Waals surface area contributed by atoms with Gasteiger partial charge >= 0.3 is 0 Å². The molecule has 0 aliphatic carbocycles. The lowest BCUT2D eigenvalue weighted by Crippen LogP contribution is -2.00. The lowest BCUT2D eigenvalue weighted by Gasteiger charge is -2.01. The topological polar surface area (TPSA) is 20.2 Å². The van der Waals surface area contributed by atoms with Crippen molar-refractivity contribution in [2.75, 3.05) is 0 Å². The van der Waals surface area contributed by atoms with E-state index in [1.54, 1.807) is 12.1 Å². The third kappa shape index (κ3) is 3.10. The van der Waals surface area contributed by atoms with Crippen LogP contribution in [0.5, 0.6) is 0 Å². The Kier molecular flexibility index (Phi) is 3.18. The summed E-state index contributed by atoms with van der Waals surface area (Å²) in [5.74, 6) is 0. The Hall–Kier alpha value is -0.240. The maximum absolute atomic E-state index is 8.82. The van der Waals surface area contributed by atoms with Crippen LogP contribution in [-0.4, -0.2) is 10.7 Å². The highest BCUT2D eigenvalue weighted by atomic mass is 35.5. The molecule has 0 amide bonds. The van der Waals surface area contributed by atoms with Crippen molar-refractivity contribution in [2.45, 2.75) is 12.0 Å². The molecular formula is C8H8Cl2O. The van der Waals surface area contributed by atoms with E-state index in [1.165, 1.54) is 0 Å². The molecule has 0 bridgehead atoms. The number of hydrogen-bond donors (Lipinski definition) is 1. The summed E-state index contributed by atoms with van der Waals surface area (Å²) in [4.78, 5) is 0. The van der Waals surface area contributed by atoms with Gasteiger partial charge in [0.15, 0.2) is 0 Å². The molecule has 1 nitrogen and oxygen atoms in total. The SMILES string of the molecule is OC(Cl)Cc1cccc(Cl)c1. The van der Waals surface area contributed by atoms with Gasteiger partial charge in [-0.3, -0.25) is 0 Å². The normalized spacial score (nSPS) is 13.0. The minimum Gasteiger partial charge on any atom is -0.377 e. The monoisotopic (exact) mass is 190 g/mol. The fourth-order valence-corrected chi connectivity index (χ4v) is 1.25. The van der Waals surface area contributed by atoms with E-state index in [-0.39, 0.29) is 0 Å². The standard InChI is InChI=1S/C8H8Cl2O/c9-7-3-1-2-6(4-7)5-8(10)11/h1-4,8,11H,5H2. The van der Waals surface area contributed by atoms with Crippen molar-refractivity contribution in [2.24, 2.45) is 0 Å². The third-order valence-electron chi connectivity index (χ3n) is 1.29. The number of hydrogen-bond acceptors (Lipinski definition) is 1. The summed E-state index contributed by atoms with van der Waals surface area (Å²) in [6.45, 7) is 0. The van der Waals surface area contributed by atoms with Gasteiger partial charge in [0.05, 0.1) is 0 Å². The number of benzene rings is 1. The third-order valence-corrected chi connectivity index (χ3v) is 1.68. The maximum atomic E-state index is 8.82. The van der Waals surface area contributed by atoms with Gasteiger partial charge in [0.25, 0.3) is 0 Å². The molecule has 11 heavy (non-hydrogen) atoms. The average Bonchev–Trinajstić information content (AvgIpc) is 1.85. The van der Waals surface area contributed by atoms with Gasteiger partial charge in [0.1, 0.15) is 5.56 Å². The average molecular weight is 191 g/mol. The molecule has 1 unspecified atom stereocenters. The molecule has 0 saturated heterocycles. The van der Waals surface area contributed by atoms with Gasteiger partial charge < -0.3 is 5.11 Å². The van der Waals surface area contributed by atoms with E-state index in [0.29, 0.717) is 11.4 Å². The Bertz CT molecular complexity index is 235. The summed E-state index contributed by atoms with van der Waals surface area (Å²) in [6, 6.07) is 7.27. The van der Waals surface area contributed by atoms with E-state index in [1.807, 2.05) is 12.1 Å². The molecule has 0 heterocycles. The van der Waals surface area contributed by atoms with Gasteiger partial charge in [0, 0.05) is 11.4 Å². The highest BCUT2D eigenvalue weighted by Gasteiger charge is 1.99. The molecular weight excluding hydrogens is 183 g/mol. The highest BCUT2D eigenvalue weighted by Crippen LogP contribution is 2.12. The minimum absolute atomic E-state index is 0.433. The van der Waals surface area contributed by atoms with E-state index in [0.717, 1.165) is 5.56 Å².